The summed E-state index contributed by atoms with van der Waals surface area (Å²) >= 11 is 0. The topological polar surface area (TPSA) is 60.7 Å². The van der Waals surface area contributed by atoms with E-state index in [0.29, 0.717) is 23.6 Å². The number of ether oxygens (including phenoxy) is 2. The van der Waals surface area contributed by atoms with Gasteiger partial charge in [-0.25, -0.2) is 4.79 Å². The Morgan fingerprint density at radius 3 is 2.69 bits per heavy atom. The zero-order chi connectivity index (χ0) is 21.8. The van der Waals surface area contributed by atoms with Crippen LogP contribution in [0.4, 0.5) is 5.69 Å². The Labute approximate surface area is 185 Å². The molecule has 0 saturated heterocycles. The van der Waals surface area contributed by atoms with Gasteiger partial charge in [-0.05, 0) is 30.7 Å². The molecule has 0 aliphatic carbocycles. The number of anilines is 1. The van der Waals surface area contributed by atoms with Gasteiger partial charge in [0.25, 0.3) is 0 Å². The van der Waals surface area contributed by atoms with E-state index < -0.39 is 0 Å². The van der Waals surface area contributed by atoms with Gasteiger partial charge >= 0.3 is 5.63 Å². The van der Waals surface area contributed by atoms with Crippen LogP contribution in [0.3, 0.4) is 0 Å². The second-order valence-corrected chi connectivity index (χ2v) is 8.54. The third kappa shape index (κ3) is 2.74. The highest BCUT2D eigenvalue weighted by Gasteiger charge is 2.45. The molecule has 0 saturated carbocycles. The van der Waals surface area contributed by atoms with Gasteiger partial charge in [0.1, 0.15) is 11.3 Å². The molecule has 3 aromatic carbocycles. The predicted octanol–water partition coefficient (Wildman–Crippen LogP) is 5.42. The minimum atomic E-state index is -0.341. The van der Waals surface area contributed by atoms with Gasteiger partial charge in [-0.1, -0.05) is 54.1 Å². The Morgan fingerprint density at radius 1 is 1.03 bits per heavy atom. The molecule has 0 unspecified atom stereocenters. The van der Waals surface area contributed by atoms with Crippen LogP contribution in [0.5, 0.6) is 11.5 Å². The molecule has 4 aromatic rings. The van der Waals surface area contributed by atoms with Crippen LogP contribution in [-0.4, -0.2) is 13.7 Å². The van der Waals surface area contributed by atoms with Crippen molar-refractivity contribution in [2.24, 2.45) is 5.92 Å². The Morgan fingerprint density at radius 2 is 1.88 bits per heavy atom. The molecule has 1 aromatic heterocycles. The predicted molar refractivity (Wildman–Crippen MR) is 124 cm³/mol. The summed E-state index contributed by atoms with van der Waals surface area (Å²) in [4.78, 5) is 13.2. The van der Waals surface area contributed by atoms with Crippen molar-refractivity contribution in [3.63, 3.8) is 0 Å². The van der Waals surface area contributed by atoms with Gasteiger partial charge in [0.05, 0.1) is 19.8 Å². The maximum Gasteiger partial charge on any atom is 0.360 e. The summed E-state index contributed by atoms with van der Waals surface area (Å²) in [5.74, 6) is 1.51. The lowest BCUT2D eigenvalue weighted by Gasteiger charge is -2.44. The van der Waals surface area contributed by atoms with E-state index in [2.05, 4.69) is 30.4 Å². The highest BCUT2D eigenvalue weighted by atomic mass is 16.5. The fourth-order valence-electron chi connectivity index (χ4n) is 5.32. The lowest BCUT2D eigenvalue weighted by molar-refractivity contribution is 0.176. The standard InChI is InChI=1S/C27H23NO4/c1-15-11-12-20-18(13-15)23-22(16-7-4-3-5-8-16)19-14-31-26-17(9-6-10-21(26)30-2)24(19)28-25(23)27(29)32-20/h3-13,19,22,24,28H,14H2,1-2H3/t19-,22-,24+/m0/s1. The molecule has 5 heteroatoms. The number of hydrogen-bond acceptors (Lipinski definition) is 5. The summed E-state index contributed by atoms with van der Waals surface area (Å²) in [7, 11) is 1.64. The molecule has 0 bridgehead atoms. The van der Waals surface area contributed by atoms with Gasteiger partial charge in [0.15, 0.2) is 11.5 Å². The smallest absolute Gasteiger partial charge is 0.360 e. The molecule has 0 fully saturated rings. The van der Waals surface area contributed by atoms with E-state index in [9.17, 15) is 4.79 Å². The third-order valence-electron chi connectivity index (χ3n) is 6.71. The number of benzene rings is 3. The van der Waals surface area contributed by atoms with Crippen LogP contribution in [0.1, 0.15) is 34.2 Å². The van der Waals surface area contributed by atoms with Crippen LogP contribution in [0.2, 0.25) is 0 Å². The largest absolute Gasteiger partial charge is 0.493 e. The minimum Gasteiger partial charge on any atom is -0.493 e. The van der Waals surface area contributed by atoms with Gasteiger partial charge < -0.3 is 19.2 Å². The number of aryl methyl sites for hydroxylation is 1. The first-order valence-corrected chi connectivity index (χ1v) is 10.8. The quantitative estimate of drug-likeness (QED) is 0.435. The third-order valence-corrected chi connectivity index (χ3v) is 6.71. The SMILES string of the molecule is COc1cccc2c1OC[C@H]1[C@H](c3ccccc3)c3c(c(=O)oc4ccc(C)cc34)N[C@H]21. The number of nitrogens with one attached hydrogen (secondary N) is 1. The van der Waals surface area contributed by atoms with Crippen LogP contribution in [0.25, 0.3) is 11.0 Å². The second-order valence-electron chi connectivity index (χ2n) is 8.54. The highest BCUT2D eigenvalue weighted by molar-refractivity contribution is 5.87. The summed E-state index contributed by atoms with van der Waals surface area (Å²) in [6.45, 7) is 2.57. The first-order chi connectivity index (χ1) is 15.7. The van der Waals surface area contributed by atoms with Crippen molar-refractivity contribution in [3.8, 4) is 11.5 Å². The van der Waals surface area contributed by atoms with Crippen LogP contribution in [-0.2, 0) is 0 Å². The van der Waals surface area contributed by atoms with Gasteiger partial charge in [0, 0.05) is 28.3 Å². The molecule has 160 valence electrons. The molecule has 2 aliphatic rings. The highest BCUT2D eigenvalue weighted by Crippen LogP contribution is 2.53. The van der Waals surface area contributed by atoms with Crippen molar-refractivity contribution in [2.45, 2.75) is 18.9 Å². The molecule has 0 spiro atoms. The van der Waals surface area contributed by atoms with Crippen LogP contribution in [0.15, 0.2) is 75.9 Å². The van der Waals surface area contributed by atoms with E-state index in [1.807, 2.05) is 48.5 Å². The fourth-order valence-corrected chi connectivity index (χ4v) is 5.32. The maximum absolute atomic E-state index is 13.2. The maximum atomic E-state index is 13.2. The van der Waals surface area contributed by atoms with Crippen molar-refractivity contribution in [3.05, 3.63) is 99.4 Å². The van der Waals surface area contributed by atoms with Crippen molar-refractivity contribution in [1.29, 1.82) is 0 Å². The minimum absolute atomic E-state index is 0.0230. The number of fused-ring (bicyclic) bond motifs is 6. The van der Waals surface area contributed by atoms with E-state index >= 15 is 0 Å². The zero-order valence-electron chi connectivity index (χ0n) is 17.9. The van der Waals surface area contributed by atoms with Crippen LogP contribution < -0.4 is 20.4 Å². The number of hydrogen-bond donors (Lipinski definition) is 1. The van der Waals surface area contributed by atoms with Crippen molar-refractivity contribution in [1.82, 2.24) is 0 Å². The van der Waals surface area contributed by atoms with Gasteiger partial charge in [-0.2, -0.15) is 0 Å². The Hall–Kier alpha value is -3.73. The Kier molecular flexibility index (Phi) is 4.25. The second kappa shape index (κ2) is 7.16. The van der Waals surface area contributed by atoms with E-state index in [4.69, 9.17) is 13.9 Å². The van der Waals surface area contributed by atoms with E-state index in [-0.39, 0.29) is 23.5 Å². The van der Waals surface area contributed by atoms with Crippen LogP contribution >= 0.6 is 0 Å². The van der Waals surface area contributed by atoms with E-state index in [1.54, 1.807) is 7.11 Å². The first-order valence-electron chi connectivity index (χ1n) is 10.8. The van der Waals surface area contributed by atoms with Crippen LogP contribution in [0, 0.1) is 12.8 Å². The Bertz CT molecular complexity index is 1390. The molecule has 2 aliphatic heterocycles. The molecule has 32 heavy (non-hydrogen) atoms. The molecule has 0 amide bonds. The zero-order valence-corrected chi connectivity index (χ0v) is 17.9. The van der Waals surface area contributed by atoms with E-state index in [1.165, 1.54) is 0 Å². The number of methoxy groups -OCH3 is 1. The van der Waals surface area contributed by atoms with Crippen molar-refractivity contribution < 1.29 is 13.9 Å². The summed E-state index contributed by atoms with van der Waals surface area (Å²) in [6, 6.07) is 22.1. The monoisotopic (exact) mass is 425 g/mol. The molecule has 3 heterocycles. The van der Waals surface area contributed by atoms with Crippen molar-refractivity contribution in [2.75, 3.05) is 19.0 Å². The molecular formula is C27H23NO4. The van der Waals surface area contributed by atoms with Crippen molar-refractivity contribution >= 4 is 16.7 Å². The lowest BCUT2D eigenvalue weighted by Crippen LogP contribution is -2.40. The fraction of sp³-hybridized carbons (Fsp3) is 0.222. The normalized spacial score (nSPS) is 21.0. The molecule has 6 rings (SSSR count). The molecule has 0 radical (unpaired) electrons. The van der Waals surface area contributed by atoms with Gasteiger partial charge in [-0.15, -0.1) is 0 Å². The molecule has 5 nitrogen and oxygen atoms in total. The average Bonchev–Trinajstić information content (AvgIpc) is 2.83. The lowest BCUT2D eigenvalue weighted by atomic mass is 9.70. The first kappa shape index (κ1) is 19.0. The summed E-state index contributed by atoms with van der Waals surface area (Å²) in [5.41, 5.74) is 5.07. The Balaban J connectivity index is 1.65. The van der Waals surface area contributed by atoms with E-state index in [0.717, 1.165) is 33.4 Å². The molecule has 1 N–H and O–H groups in total. The summed E-state index contributed by atoms with van der Waals surface area (Å²) in [6.07, 6.45) is 0. The number of rotatable bonds is 2. The number of para-hydroxylation sites is 1. The van der Waals surface area contributed by atoms with Gasteiger partial charge in [0.2, 0.25) is 0 Å². The average molecular weight is 425 g/mol. The summed E-state index contributed by atoms with van der Waals surface area (Å²) < 4.78 is 17.6. The molecular weight excluding hydrogens is 402 g/mol. The van der Waals surface area contributed by atoms with Gasteiger partial charge in [-0.3, -0.25) is 0 Å². The molecule has 3 atom stereocenters. The summed E-state index contributed by atoms with van der Waals surface area (Å²) in [5, 5.41) is 4.51.